The molecule has 20 heavy (non-hydrogen) atoms. The Hall–Kier alpha value is -3.32. The molecule has 0 atom stereocenters. The maximum atomic E-state index is 11.1. The normalized spacial score (nSPS) is 10.0. The fraction of sp³-hybridized carbons (Fsp3) is 0. The molecular weight excluding hydrogens is 268 g/mol. The maximum Gasteiger partial charge on any atom is 0.336 e. The fourth-order valence-electron chi connectivity index (χ4n) is 1.75. The van der Waals surface area contributed by atoms with Crippen molar-refractivity contribution in [1.29, 1.82) is 0 Å². The second kappa shape index (κ2) is 4.75. The number of aromatic hydroxyl groups is 3. The zero-order valence-electron chi connectivity index (χ0n) is 9.80. The highest BCUT2D eigenvalue weighted by Crippen LogP contribution is 2.40. The number of carboxylic acids is 1. The Balaban J connectivity index is 2.91. The zero-order chi connectivity index (χ0) is 14.9. The number of aromatic nitrogens is 1. The van der Waals surface area contributed by atoms with Gasteiger partial charge in [0, 0.05) is 17.0 Å². The first kappa shape index (κ1) is 13.1. The van der Waals surface area contributed by atoms with Crippen molar-refractivity contribution in [3.63, 3.8) is 0 Å². The molecule has 0 aliphatic heterocycles. The van der Waals surface area contributed by atoms with E-state index in [1.54, 1.807) is 0 Å². The van der Waals surface area contributed by atoms with Gasteiger partial charge in [0.25, 0.3) is 0 Å². The number of phenolic OH excluding ortho intramolecular Hbond substituents is 1. The average Bonchev–Trinajstić information content (AvgIpc) is 2.70. The lowest BCUT2D eigenvalue weighted by Crippen LogP contribution is -2.01. The molecule has 0 fully saturated rings. The molecule has 1 aromatic carbocycles. The molecule has 0 saturated carbocycles. The van der Waals surface area contributed by atoms with E-state index in [9.17, 15) is 20.1 Å². The van der Waals surface area contributed by atoms with Gasteiger partial charge < -0.3 is 20.4 Å². The van der Waals surface area contributed by atoms with Gasteiger partial charge >= 0.3 is 5.97 Å². The standard InChI is InChI=1S/C11H8N4O5/c12-14-13-9-5(11(19)20)1-2-6(16)10(9)15-7(17)3-4-8(15)18/h1-4,16-18H,(H,19,20). The van der Waals surface area contributed by atoms with Gasteiger partial charge in [-0.25, -0.2) is 9.36 Å². The average molecular weight is 276 g/mol. The summed E-state index contributed by atoms with van der Waals surface area (Å²) in [7, 11) is 0. The van der Waals surface area contributed by atoms with Crippen molar-refractivity contribution in [2.24, 2.45) is 5.11 Å². The summed E-state index contributed by atoms with van der Waals surface area (Å²) in [5.41, 5.74) is 7.38. The monoisotopic (exact) mass is 276 g/mol. The van der Waals surface area contributed by atoms with Gasteiger partial charge in [-0.15, -0.1) is 0 Å². The summed E-state index contributed by atoms with van der Waals surface area (Å²) in [5.74, 6) is -2.79. The molecule has 0 spiro atoms. The van der Waals surface area contributed by atoms with Crippen molar-refractivity contribution in [2.45, 2.75) is 0 Å². The molecule has 9 nitrogen and oxygen atoms in total. The predicted molar refractivity (Wildman–Crippen MR) is 66.5 cm³/mol. The summed E-state index contributed by atoms with van der Waals surface area (Å²) in [4.78, 5) is 13.6. The first-order valence-electron chi connectivity index (χ1n) is 5.21. The van der Waals surface area contributed by atoms with E-state index in [0.717, 1.165) is 28.8 Å². The number of phenols is 1. The van der Waals surface area contributed by atoms with E-state index in [0.29, 0.717) is 0 Å². The van der Waals surface area contributed by atoms with Crippen molar-refractivity contribution >= 4 is 11.7 Å². The second-order valence-electron chi connectivity index (χ2n) is 3.71. The van der Waals surface area contributed by atoms with Crippen LogP contribution in [0.1, 0.15) is 10.4 Å². The van der Waals surface area contributed by atoms with Crippen molar-refractivity contribution in [2.75, 3.05) is 0 Å². The van der Waals surface area contributed by atoms with Crippen LogP contribution in [0.2, 0.25) is 0 Å². The predicted octanol–water partition coefficient (Wildman–Crippen LogP) is 2.23. The van der Waals surface area contributed by atoms with Crippen LogP contribution in [0.4, 0.5) is 5.69 Å². The molecule has 0 saturated heterocycles. The molecule has 102 valence electrons. The smallest absolute Gasteiger partial charge is 0.336 e. The van der Waals surface area contributed by atoms with E-state index >= 15 is 0 Å². The molecule has 2 rings (SSSR count). The van der Waals surface area contributed by atoms with E-state index in [4.69, 9.17) is 10.6 Å². The van der Waals surface area contributed by atoms with Gasteiger partial charge in [-0.3, -0.25) is 0 Å². The van der Waals surface area contributed by atoms with Crippen LogP contribution in [0.15, 0.2) is 29.4 Å². The number of rotatable bonds is 3. The largest absolute Gasteiger partial charge is 0.506 e. The summed E-state index contributed by atoms with van der Waals surface area (Å²) in [6, 6.07) is 4.35. The minimum absolute atomic E-state index is 0.331. The van der Waals surface area contributed by atoms with Gasteiger partial charge in [-0.05, 0) is 17.7 Å². The lowest BCUT2D eigenvalue weighted by atomic mass is 10.1. The third kappa shape index (κ3) is 1.93. The Labute approximate surface area is 111 Å². The molecule has 0 radical (unpaired) electrons. The maximum absolute atomic E-state index is 11.1. The molecule has 0 aliphatic carbocycles. The van der Waals surface area contributed by atoms with E-state index in [1.807, 2.05) is 0 Å². The van der Waals surface area contributed by atoms with Crippen molar-refractivity contribution in [1.82, 2.24) is 4.57 Å². The van der Waals surface area contributed by atoms with Crippen LogP contribution in [0.3, 0.4) is 0 Å². The van der Waals surface area contributed by atoms with Crippen LogP contribution >= 0.6 is 0 Å². The fourth-order valence-corrected chi connectivity index (χ4v) is 1.75. The highest BCUT2D eigenvalue weighted by molar-refractivity contribution is 5.96. The lowest BCUT2D eigenvalue weighted by molar-refractivity contribution is 0.0697. The number of aromatic carboxylic acids is 1. The number of hydrogen-bond acceptors (Lipinski definition) is 5. The molecule has 9 heteroatoms. The molecule has 0 bridgehead atoms. The third-order valence-corrected chi connectivity index (χ3v) is 2.57. The third-order valence-electron chi connectivity index (χ3n) is 2.57. The zero-order valence-corrected chi connectivity index (χ0v) is 9.80. The van der Waals surface area contributed by atoms with Crippen LogP contribution in [0, 0.1) is 0 Å². The van der Waals surface area contributed by atoms with Crippen LogP contribution < -0.4 is 0 Å². The SMILES string of the molecule is [N-]=[N+]=Nc1c(C(=O)O)ccc(O)c1-n1c(O)ccc1O. The van der Waals surface area contributed by atoms with E-state index < -0.39 is 29.2 Å². The van der Waals surface area contributed by atoms with Gasteiger partial charge in [-0.2, -0.15) is 0 Å². The molecule has 0 unspecified atom stereocenters. The Morgan fingerprint density at radius 2 is 1.75 bits per heavy atom. The summed E-state index contributed by atoms with van der Waals surface area (Å²) < 4.78 is 0.756. The molecule has 0 aliphatic rings. The molecule has 0 amide bonds. The summed E-state index contributed by atoms with van der Waals surface area (Å²) in [6.45, 7) is 0. The van der Waals surface area contributed by atoms with E-state index in [-0.39, 0.29) is 11.3 Å². The number of hydrogen-bond donors (Lipinski definition) is 4. The second-order valence-corrected chi connectivity index (χ2v) is 3.71. The van der Waals surface area contributed by atoms with Gasteiger partial charge in [0.2, 0.25) is 0 Å². The quantitative estimate of drug-likeness (QED) is 0.384. The number of azide groups is 1. The topological polar surface area (TPSA) is 152 Å². The van der Waals surface area contributed by atoms with Gasteiger partial charge in [0.1, 0.15) is 11.4 Å². The van der Waals surface area contributed by atoms with E-state index in [1.165, 1.54) is 0 Å². The van der Waals surface area contributed by atoms with Crippen LogP contribution in [-0.4, -0.2) is 31.0 Å². The van der Waals surface area contributed by atoms with Gasteiger partial charge in [0.15, 0.2) is 11.8 Å². The molecule has 1 aromatic heterocycles. The van der Waals surface area contributed by atoms with Crippen LogP contribution in [0.5, 0.6) is 17.5 Å². The number of nitrogens with zero attached hydrogens (tertiary/aromatic N) is 4. The first-order chi connectivity index (χ1) is 9.47. The van der Waals surface area contributed by atoms with Gasteiger partial charge in [0.05, 0.1) is 11.3 Å². The number of carbonyl (C=O) groups is 1. The Bertz CT molecular complexity index is 726. The Morgan fingerprint density at radius 1 is 1.15 bits per heavy atom. The highest BCUT2D eigenvalue weighted by Gasteiger charge is 2.21. The minimum atomic E-state index is -1.39. The first-order valence-corrected chi connectivity index (χ1v) is 5.21. The Morgan fingerprint density at radius 3 is 2.25 bits per heavy atom. The molecule has 2 aromatic rings. The van der Waals surface area contributed by atoms with Gasteiger partial charge in [-0.1, -0.05) is 5.11 Å². The molecule has 1 heterocycles. The highest BCUT2D eigenvalue weighted by atomic mass is 16.4. The summed E-state index contributed by atoms with van der Waals surface area (Å²) in [6.07, 6.45) is 0. The Kier molecular flexibility index (Phi) is 3.11. The molecular formula is C11H8N4O5. The summed E-state index contributed by atoms with van der Waals surface area (Å²) in [5, 5.41) is 41.4. The van der Waals surface area contributed by atoms with Crippen LogP contribution in [0.25, 0.3) is 16.1 Å². The van der Waals surface area contributed by atoms with Crippen LogP contribution in [-0.2, 0) is 0 Å². The minimum Gasteiger partial charge on any atom is -0.506 e. The van der Waals surface area contributed by atoms with Crippen molar-refractivity contribution in [3.05, 3.63) is 40.3 Å². The molecule has 4 N–H and O–H groups in total. The van der Waals surface area contributed by atoms with E-state index in [2.05, 4.69) is 10.0 Å². The summed E-state index contributed by atoms with van der Waals surface area (Å²) >= 11 is 0. The van der Waals surface area contributed by atoms with Crippen molar-refractivity contribution < 1.29 is 25.2 Å². The number of carboxylic acid groups (broad SMARTS) is 1. The van der Waals surface area contributed by atoms with Crippen molar-refractivity contribution in [3.8, 4) is 23.2 Å². The lowest BCUT2D eigenvalue weighted by Gasteiger charge is -2.13. The number of benzene rings is 1.